The van der Waals surface area contributed by atoms with Crippen LogP contribution in [0.15, 0.2) is 10.1 Å². The molecule has 0 saturated heterocycles. The van der Waals surface area contributed by atoms with E-state index in [-0.39, 0.29) is 17.2 Å². The normalized spacial score (nSPS) is 11.2. The molecular formula is C11H13F3N4OS. The Bertz CT molecular complexity index is 519. The molecule has 20 heavy (non-hydrogen) atoms. The summed E-state index contributed by atoms with van der Waals surface area (Å²) in [5.74, 6) is -1.40. The minimum atomic E-state index is -4.99. The van der Waals surface area contributed by atoms with Crippen LogP contribution < -0.4 is 5.32 Å². The number of aliphatic imine (C=N–C) groups is 1. The third-order valence-corrected chi connectivity index (χ3v) is 3.18. The van der Waals surface area contributed by atoms with Crippen molar-refractivity contribution in [3.8, 4) is 0 Å². The van der Waals surface area contributed by atoms with E-state index in [0.29, 0.717) is 5.16 Å². The van der Waals surface area contributed by atoms with Crippen LogP contribution in [-0.4, -0.2) is 34.5 Å². The van der Waals surface area contributed by atoms with E-state index in [1.807, 2.05) is 6.92 Å². The van der Waals surface area contributed by atoms with Crippen molar-refractivity contribution in [1.82, 2.24) is 9.97 Å². The molecule has 0 spiro atoms. The van der Waals surface area contributed by atoms with Gasteiger partial charge in [-0.2, -0.15) is 13.2 Å². The number of nitrogens with zero attached hydrogens (tertiary/aromatic N) is 3. The first-order chi connectivity index (χ1) is 9.29. The number of amides is 1. The molecule has 0 radical (unpaired) electrons. The van der Waals surface area contributed by atoms with Crippen molar-refractivity contribution in [3.63, 3.8) is 0 Å². The van der Waals surface area contributed by atoms with Crippen LogP contribution in [0.1, 0.15) is 19.0 Å². The molecule has 0 aliphatic carbocycles. The summed E-state index contributed by atoms with van der Waals surface area (Å²) in [5.41, 5.74) is 0.0294. The number of aryl methyl sites for hydroxylation is 1. The highest BCUT2D eigenvalue weighted by Crippen LogP contribution is 2.29. The Balaban J connectivity index is 3.08. The third-order valence-electron chi connectivity index (χ3n) is 2.13. The summed E-state index contributed by atoms with van der Waals surface area (Å²) in [6.45, 7) is 6.69. The fourth-order valence-electron chi connectivity index (χ4n) is 1.24. The molecule has 1 heterocycles. The summed E-state index contributed by atoms with van der Waals surface area (Å²) < 4.78 is 36.7. The van der Waals surface area contributed by atoms with Gasteiger partial charge < -0.3 is 5.32 Å². The van der Waals surface area contributed by atoms with Crippen LogP contribution in [0.4, 0.5) is 24.7 Å². The fraction of sp³-hybridized carbons (Fsp3) is 0.455. The molecule has 1 aromatic rings. The molecule has 110 valence electrons. The summed E-state index contributed by atoms with van der Waals surface area (Å²) in [7, 11) is 0. The largest absolute Gasteiger partial charge is 0.471 e. The monoisotopic (exact) mass is 306 g/mol. The number of rotatable bonds is 5. The standard InChI is InChI=1S/C11H13F3N4OS/c1-4-5-20-10-16-6(2)7(8(15-3)18-10)17-9(19)11(12,13)14/h3-5H2,1-2H3,(H,17,19). The lowest BCUT2D eigenvalue weighted by Crippen LogP contribution is -2.30. The Hall–Kier alpha value is -1.64. The molecule has 0 atom stereocenters. The van der Waals surface area contributed by atoms with E-state index in [1.165, 1.54) is 18.7 Å². The Morgan fingerprint density at radius 1 is 1.45 bits per heavy atom. The summed E-state index contributed by atoms with van der Waals surface area (Å²) in [4.78, 5) is 22.5. The number of anilines is 1. The third kappa shape index (κ3) is 4.19. The highest BCUT2D eigenvalue weighted by atomic mass is 32.2. The van der Waals surface area contributed by atoms with Crippen molar-refractivity contribution < 1.29 is 18.0 Å². The van der Waals surface area contributed by atoms with Gasteiger partial charge in [0.2, 0.25) is 0 Å². The van der Waals surface area contributed by atoms with E-state index in [1.54, 1.807) is 5.32 Å². The molecule has 0 saturated carbocycles. The van der Waals surface area contributed by atoms with E-state index < -0.39 is 12.1 Å². The first-order valence-electron chi connectivity index (χ1n) is 5.66. The maximum absolute atomic E-state index is 12.2. The number of carbonyl (C=O) groups excluding carboxylic acids is 1. The number of aromatic nitrogens is 2. The molecule has 0 fully saturated rings. The van der Waals surface area contributed by atoms with Gasteiger partial charge >= 0.3 is 12.1 Å². The summed E-state index contributed by atoms with van der Waals surface area (Å²) in [6, 6.07) is 0. The highest BCUT2D eigenvalue weighted by molar-refractivity contribution is 7.99. The van der Waals surface area contributed by atoms with Crippen LogP contribution in [-0.2, 0) is 4.79 Å². The lowest BCUT2D eigenvalue weighted by molar-refractivity contribution is -0.167. The average Bonchev–Trinajstić information content (AvgIpc) is 2.37. The van der Waals surface area contributed by atoms with Gasteiger partial charge in [0.1, 0.15) is 5.69 Å². The SMILES string of the molecule is C=Nc1nc(SCCC)nc(C)c1NC(=O)C(F)(F)F. The summed E-state index contributed by atoms with van der Waals surface area (Å²) in [6.07, 6.45) is -4.09. The van der Waals surface area contributed by atoms with Crippen molar-refractivity contribution in [3.05, 3.63) is 5.69 Å². The van der Waals surface area contributed by atoms with Gasteiger partial charge in [0, 0.05) is 5.75 Å². The predicted molar refractivity (Wildman–Crippen MR) is 71.7 cm³/mol. The molecule has 1 N–H and O–H groups in total. The van der Waals surface area contributed by atoms with Crippen LogP contribution in [0, 0.1) is 6.92 Å². The number of hydrogen-bond donors (Lipinski definition) is 1. The zero-order valence-corrected chi connectivity index (χ0v) is 11.7. The van der Waals surface area contributed by atoms with Crippen molar-refractivity contribution in [1.29, 1.82) is 0 Å². The predicted octanol–water partition coefficient (Wildman–Crippen LogP) is 3.12. The quantitative estimate of drug-likeness (QED) is 0.515. The van der Waals surface area contributed by atoms with E-state index in [4.69, 9.17) is 0 Å². The number of carbonyl (C=O) groups is 1. The van der Waals surface area contributed by atoms with E-state index >= 15 is 0 Å². The average molecular weight is 306 g/mol. The molecule has 1 rings (SSSR count). The van der Waals surface area contributed by atoms with Crippen LogP contribution in [0.3, 0.4) is 0 Å². The smallest absolute Gasteiger partial charge is 0.314 e. The molecule has 5 nitrogen and oxygen atoms in total. The summed E-state index contributed by atoms with van der Waals surface area (Å²) >= 11 is 1.35. The molecule has 0 aliphatic heterocycles. The Morgan fingerprint density at radius 3 is 2.60 bits per heavy atom. The number of thioether (sulfide) groups is 1. The minimum Gasteiger partial charge on any atom is -0.314 e. The molecular weight excluding hydrogens is 293 g/mol. The van der Waals surface area contributed by atoms with Crippen molar-refractivity contribution in [2.24, 2.45) is 4.99 Å². The van der Waals surface area contributed by atoms with Gasteiger partial charge in [0.05, 0.1) is 5.69 Å². The Morgan fingerprint density at radius 2 is 2.10 bits per heavy atom. The molecule has 0 bridgehead atoms. The van der Waals surface area contributed by atoms with Crippen LogP contribution in [0.2, 0.25) is 0 Å². The second-order valence-electron chi connectivity index (χ2n) is 3.75. The Labute approximate surface area is 118 Å². The number of hydrogen-bond acceptors (Lipinski definition) is 5. The number of alkyl halides is 3. The number of halogens is 3. The highest BCUT2D eigenvalue weighted by Gasteiger charge is 2.39. The maximum atomic E-state index is 12.2. The first-order valence-corrected chi connectivity index (χ1v) is 6.64. The molecule has 0 aliphatic rings. The maximum Gasteiger partial charge on any atom is 0.471 e. The first kappa shape index (κ1) is 16.4. The van der Waals surface area contributed by atoms with Gasteiger partial charge in [-0.3, -0.25) is 4.79 Å². The zero-order valence-electron chi connectivity index (χ0n) is 10.9. The van der Waals surface area contributed by atoms with Crippen molar-refractivity contribution in [2.75, 3.05) is 11.1 Å². The van der Waals surface area contributed by atoms with E-state index in [2.05, 4.69) is 21.7 Å². The molecule has 0 aromatic carbocycles. The Kier molecular flexibility index (Phi) is 5.49. The van der Waals surface area contributed by atoms with Crippen molar-refractivity contribution in [2.45, 2.75) is 31.6 Å². The van der Waals surface area contributed by atoms with Crippen LogP contribution in [0.25, 0.3) is 0 Å². The van der Waals surface area contributed by atoms with Crippen molar-refractivity contribution >= 4 is 35.9 Å². The number of nitrogens with one attached hydrogen (secondary N) is 1. The van der Waals surface area contributed by atoms with E-state index in [0.717, 1.165) is 12.2 Å². The van der Waals surface area contributed by atoms with Crippen LogP contribution in [0.5, 0.6) is 0 Å². The molecule has 9 heteroatoms. The van der Waals surface area contributed by atoms with Gasteiger partial charge in [-0.15, -0.1) is 0 Å². The van der Waals surface area contributed by atoms with Gasteiger partial charge in [-0.1, -0.05) is 18.7 Å². The fourth-order valence-corrected chi connectivity index (χ4v) is 1.97. The second-order valence-corrected chi connectivity index (χ2v) is 4.81. The molecule has 0 unspecified atom stereocenters. The summed E-state index contributed by atoms with van der Waals surface area (Å²) in [5, 5.41) is 2.11. The lowest BCUT2D eigenvalue weighted by Gasteiger charge is -2.12. The van der Waals surface area contributed by atoms with Gasteiger partial charge in [0.15, 0.2) is 11.0 Å². The lowest BCUT2D eigenvalue weighted by atomic mass is 10.3. The molecule has 1 amide bonds. The van der Waals surface area contributed by atoms with Gasteiger partial charge in [-0.25, -0.2) is 15.0 Å². The zero-order chi connectivity index (χ0) is 15.3. The molecule has 1 aromatic heterocycles. The minimum absolute atomic E-state index is 0.0753. The van der Waals surface area contributed by atoms with Gasteiger partial charge in [-0.05, 0) is 20.1 Å². The topological polar surface area (TPSA) is 67.2 Å². The van der Waals surface area contributed by atoms with Gasteiger partial charge in [0.25, 0.3) is 0 Å². The van der Waals surface area contributed by atoms with Crippen LogP contribution >= 0.6 is 11.8 Å². The second kappa shape index (κ2) is 6.69. The van der Waals surface area contributed by atoms with E-state index in [9.17, 15) is 18.0 Å².